The number of benzene rings is 5. The summed E-state index contributed by atoms with van der Waals surface area (Å²) in [6.07, 6.45) is 2.27. The standard InChI is InChI=1S/C31H28Si/c1-4-16-29(17-5-1)32(30-18-6-2-7-19-30,31-20-8-3-9-21-31)24-12-13-26-22-23-27-14-10-11-15-28(27)25-26/h1-11,14-23,25H,12-13,24H2. The van der Waals surface area contributed by atoms with E-state index in [0.717, 1.165) is 6.42 Å². The first-order valence-corrected chi connectivity index (χ1v) is 13.7. The van der Waals surface area contributed by atoms with Crippen LogP contribution in [0.5, 0.6) is 0 Å². The fourth-order valence-corrected chi connectivity index (χ4v) is 9.91. The van der Waals surface area contributed by atoms with E-state index in [1.807, 2.05) is 0 Å². The highest BCUT2D eigenvalue weighted by Gasteiger charge is 2.38. The van der Waals surface area contributed by atoms with Crippen molar-refractivity contribution in [2.45, 2.75) is 18.9 Å². The number of rotatable bonds is 7. The van der Waals surface area contributed by atoms with E-state index in [-0.39, 0.29) is 0 Å². The third kappa shape index (κ3) is 4.04. The Balaban J connectivity index is 1.53. The normalized spacial score (nSPS) is 11.5. The molecule has 156 valence electrons. The minimum absolute atomic E-state index is 1.10. The van der Waals surface area contributed by atoms with E-state index in [9.17, 15) is 0 Å². The first kappa shape index (κ1) is 20.5. The van der Waals surface area contributed by atoms with Gasteiger partial charge >= 0.3 is 0 Å². The zero-order valence-electron chi connectivity index (χ0n) is 18.3. The average molecular weight is 429 g/mol. The van der Waals surface area contributed by atoms with Crippen molar-refractivity contribution in [2.75, 3.05) is 0 Å². The third-order valence-electron chi connectivity index (χ3n) is 6.63. The third-order valence-corrected chi connectivity index (χ3v) is 11.7. The van der Waals surface area contributed by atoms with Crippen molar-refractivity contribution in [2.24, 2.45) is 0 Å². The Morgan fingerprint density at radius 1 is 0.438 bits per heavy atom. The molecule has 0 nitrogen and oxygen atoms in total. The van der Waals surface area contributed by atoms with Gasteiger partial charge < -0.3 is 0 Å². The van der Waals surface area contributed by atoms with E-state index in [1.165, 1.54) is 44.4 Å². The van der Waals surface area contributed by atoms with Crippen LogP contribution in [0.4, 0.5) is 0 Å². The Labute approximate surface area is 192 Å². The molecule has 1 heteroatoms. The molecule has 0 saturated carbocycles. The lowest BCUT2D eigenvalue weighted by Gasteiger charge is -2.34. The lowest BCUT2D eigenvalue weighted by molar-refractivity contribution is 0.910. The van der Waals surface area contributed by atoms with Gasteiger partial charge in [-0.1, -0.05) is 140 Å². The van der Waals surface area contributed by atoms with Gasteiger partial charge in [0.2, 0.25) is 0 Å². The van der Waals surface area contributed by atoms with Gasteiger partial charge in [0.05, 0.1) is 0 Å². The molecule has 0 radical (unpaired) electrons. The predicted molar refractivity (Wildman–Crippen MR) is 141 cm³/mol. The van der Waals surface area contributed by atoms with E-state index < -0.39 is 8.07 Å². The molecule has 5 rings (SSSR count). The van der Waals surface area contributed by atoms with Gasteiger partial charge in [0.25, 0.3) is 0 Å². The van der Waals surface area contributed by atoms with Crippen LogP contribution in [0.25, 0.3) is 10.8 Å². The van der Waals surface area contributed by atoms with Gasteiger partial charge in [-0.2, -0.15) is 0 Å². The monoisotopic (exact) mass is 428 g/mol. The fourth-order valence-electron chi connectivity index (χ4n) is 5.05. The molecule has 0 N–H and O–H groups in total. The topological polar surface area (TPSA) is 0 Å². The molecule has 5 aromatic carbocycles. The smallest absolute Gasteiger partial charge is 0.0624 e. The summed E-state index contributed by atoms with van der Waals surface area (Å²) in [5.74, 6) is 0. The van der Waals surface area contributed by atoms with Crippen molar-refractivity contribution in [3.63, 3.8) is 0 Å². The van der Waals surface area contributed by atoms with Crippen molar-refractivity contribution in [3.8, 4) is 0 Å². The average Bonchev–Trinajstić information content (AvgIpc) is 2.88. The second-order valence-corrected chi connectivity index (χ2v) is 12.6. The molecule has 0 aliphatic carbocycles. The zero-order valence-corrected chi connectivity index (χ0v) is 19.3. The zero-order chi connectivity index (χ0) is 21.6. The molecular formula is C31H28Si. The van der Waals surface area contributed by atoms with Gasteiger partial charge in [-0.25, -0.2) is 0 Å². The summed E-state index contributed by atoms with van der Waals surface area (Å²) in [5, 5.41) is 7.14. The van der Waals surface area contributed by atoms with E-state index in [1.54, 1.807) is 0 Å². The van der Waals surface area contributed by atoms with Crippen LogP contribution in [0.1, 0.15) is 12.0 Å². The Morgan fingerprint density at radius 2 is 0.906 bits per heavy atom. The molecule has 0 spiro atoms. The minimum atomic E-state index is -2.13. The van der Waals surface area contributed by atoms with E-state index in [0.29, 0.717) is 0 Å². The van der Waals surface area contributed by atoms with Crippen LogP contribution in [-0.2, 0) is 6.42 Å². The molecule has 0 unspecified atom stereocenters. The van der Waals surface area contributed by atoms with Gasteiger partial charge in [0.1, 0.15) is 8.07 Å². The maximum absolute atomic E-state index is 2.37. The molecule has 0 atom stereocenters. The van der Waals surface area contributed by atoms with Gasteiger partial charge in [0.15, 0.2) is 0 Å². The number of aryl methyl sites for hydroxylation is 1. The van der Waals surface area contributed by atoms with Gasteiger partial charge in [-0.15, -0.1) is 0 Å². The molecule has 5 aromatic rings. The van der Waals surface area contributed by atoms with Crippen LogP contribution in [0.2, 0.25) is 6.04 Å². The lowest BCUT2D eigenvalue weighted by atomic mass is 10.0. The summed E-state index contributed by atoms with van der Waals surface area (Å²) in [6, 6.07) is 50.5. The Hall–Kier alpha value is -3.42. The van der Waals surface area contributed by atoms with E-state index in [2.05, 4.69) is 133 Å². The second kappa shape index (κ2) is 9.38. The molecular weight excluding hydrogens is 400 g/mol. The summed E-state index contributed by atoms with van der Waals surface area (Å²) in [6.45, 7) is 0. The van der Waals surface area contributed by atoms with Crippen molar-refractivity contribution in [1.29, 1.82) is 0 Å². The van der Waals surface area contributed by atoms with Gasteiger partial charge in [-0.05, 0) is 44.4 Å². The summed E-state index contributed by atoms with van der Waals surface area (Å²) >= 11 is 0. The second-order valence-electron chi connectivity index (χ2n) is 8.54. The van der Waals surface area contributed by atoms with Crippen LogP contribution in [0.15, 0.2) is 133 Å². The number of hydrogen-bond acceptors (Lipinski definition) is 0. The Morgan fingerprint density at radius 3 is 1.44 bits per heavy atom. The maximum Gasteiger partial charge on any atom is 0.148 e. The van der Waals surface area contributed by atoms with Crippen molar-refractivity contribution in [3.05, 3.63) is 139 Å². The first-order chi connectivity index (χ1) is 15.9. The first-order valence-electron chi connectivity index (χ1n) is 11.5. The highest BCUT2D eigenvalue weighted by molar-refractivity contribution is 7.11. The quantitative estimate of drug-likeness (QED) is 0.222. The van der Waals surface area contributed by atoms with Crippen molar-refractivity contribution >= 4 is 34.4 Å². The van der Waals surface area contributed by atoms with Gasteiger partial charge in [-0.3, -0.25) is 0 Å². The van der Waals surface area contributed by atoms with Crippen molar-refractivity contribution in [1.82, 2.24) is 0 Å². The van der Waals surface area contributed by atoms with Gasteiger partial charge in [0, 0.05) is 0 Å². The van der Waals surface area contributed by atoms with E-state index in [4.69, 9.17) is 0 Å². The Bertz CT molecular complexity index is 1180. The molecule has 0 fully saturated rings. The van der Waals surface area contributed by atoms with Crippen LogP contribution in [0.3, 0.4) is 0 Å². The highest BCUT2D eigenvalue weighted by Crippen LogP contribution is 2.20. The summed E-state index contributed by atoms with van der Waals surface area (Å²) in [5.41, 5.74) is 1.43. The maximum atomic E-state index is 2.37. The summed E-state index contributed by atoms with van der Waals surface area (Å²) < 4.78 is 0. The largest absolute Gasteiger partial charge is 0.148 e. The molecule has 32 heavy (non-hydrogen) atoms. The highest BCUT2D eigenvalue weighted by atomic mass is 28.3. The molecule has 0 aromatic heterocycles. The Kier molecular flexibility index (Phi) is 6.00. The van der Waals surface area contributed by atoms with Crippen LogP contribution >= 0.6 is 0 Å². The molecule has 0 bridgehead atoms. The van der Waals surface area contributed by atoms with Crippen molar-refractivity contribution < 1.29 is 0 Å². The molecule has 0 amide bonds. The molecule has 0 aliphatic heterocycles. The van der Waals surface area contributed by atoms with Crippen LogP contribution in [-0.4, -0.2) is 8.07 Å². The number of hydrogen-bond donors (Lipinski definition) is 0. The van der Waals surface area contributed by atoms with Crippen LogP contribution in [0, 0.1) is 0 Å². The number of fused-ring (bicyclic) bond motifs is 1. The molecule has 0 aliphatic rings. The van der Waals surface area contributed by atoms with Crippen LogP contribution < -0.4 is 15.6 Å². The molecule has 0 heterocycles. The SMILES string of the molecule is c1ccc([Si](CCCc2ccc3ccccc3c2)(c2ccccc2)c2ccccc2)cc1. The summed E-state index contributed by atoms with van der Waals surface area (Å²) in [7, 11) is -2.13. The summed E-state index contributed by atoms with van der Waals surface area (Å²) in [4.78, 5) is 0. The lowest BCUT2D eigenvalue weighted by Crippen LogP contribution is -2.66. The minimum Gasteiger partial charge on any atom is -0.0624 e. The fraction of sp³-hybridized carbons (Fsp3) is 0.0968. The van der Waals surface area contributed by atoms with E-state index >= 15 is 0 Å². The molecule has 0 saturated heterocycles. The predicted octanol–water partition coefficient (Wildman–Crippen LogP) is 5.94.